The third kappa shape index (κ3) is 3.93. The first kappa shape index (κ1) is 17.5. The quantitative estimate of drug-likeness (QED) is 0.737. The topological polar surface area (TPSA) is 64.1 Å². The minimum absolute atomic E-state index is 0.0726. The molecule has 1 aromatic heterocycles. The number of aromatic nitrogens is 2. The van der Waals surface area contributed by atoms with Crippen LogP contribution in [0.15, 0.2) is 54.7 Å². The van der Waals surface area contributed by atoms with E-state index in [0.717, 1.165) is 28.3 Å². The Morgan fingerprint density at radius 2 is 2.11 bits per heavy atom. The molecule has 136 valence electrons. The Morgan fingerprint density at radius 3 is 2.96 bits per heavy atom. The highest BCUT2D eigenvalue weighted by Crippen LogP contribution is 2.30. The number of benzene rings is 2. The number of hydrogen-bond acceptors (Lipinski definition) is 4. The number of carbonyl (C=O) groups excluding carboxylic acids is 1. The molecule has 0 spiro atoms. The minimum atomic E-state index is -0.263. The first-order chi connectivity index (χ1) is 13.1. The molecule has 1 amide bonds. The summed E-state index contributed by atoms with van der Waals surface area (Å²) in [6, 6.07) is 15.0. The first-order valence-electron chi connectivity index (χ1n) is 8.71. The number of rotatable bonds is 3. The van der Waals surface area contributed by atoms with Crippen molar-refractivity contribution in [2.75, 3.05) is 11.9 Å². The number of nitrogens with zero attached hydrogens (tertiary/aromatic N) is 2. The minimum Gasteiger partial charge on any atom is -0.492 e. The molecular formula is C21H18ClN3O2. The van der Waals surface area contributed by atoms with Crippen LogP contribution in [0.4, 0.5) is 5.69 Å². The van der Waals surface area contributed by atoms with Crippen LogP contribution >= 0.6 is 11.6 Å². The summed E-state index contributed by atoms with van der Waals surface area (Å²) in [5.41, 5.74) is 3.43. The number of nitrogens with one attached hydrogen (secondary N) is 1. The number of ether oxygens (including phenoxy) is 1. The zero-order chi connectivity index (χ0) is 18.8. The highest BCUT2D eigenvalue weighted by molar-refractivity contribution is 6.30. The summed E-state index contributed by atoms with van der Waals surface area (Å²) >= 11 is 6.05. The second kappa shape index (κ2) is 7.37. The summed E-state index contributed by atoms with van der Waals surface area (Å²) in [4.78, 5) is 21.3. The molecule has 4 rings (SSSR count). The van der Waals surface area contributed by atoms with Gasteiger partial charge in [0, 0.05) is 22.5 Å². The summed E-state index contributed by atoms with van der Waals surface area (Å²) in [7, 11) is 0. The van der Waals surface area contributed by atoms with Gasteiger partial charge in [0.25, 0.3) is 0 Å². The molecule has 0 fully saturated rings. The maximum atomic E-state index is 12.7. The van der Waals surface area contributed by atoms with E-state index in [1.165, 1.54) is 0 Å². The summed E-state index contributed by atoms with van der Waals surface area (Å²) in [5.74, 6) is 1.17. The third-order valence-electron chi connectivity index (χ3n) is 4.50. The number of fused-ring (bicyclic) bond motifs is 1. The normalized spacial score (nSPS) is 15.6. The maximum Gasteiger partial charge on any atom is 0.231 e. The summed E-state index contributed by atoms with van der Waals surface area (Å²) in [6.07, 6.45) is 2.33. The van der Waals surface area contributed by atoms with Crippen molar-refractivity contribution in [3.8, 4) is 17.0 Å². The molecule has 0 aliphatic carbocycles. The van der Waals surface area contributed by atoms with Crippen molar-refractivity contribution in [3.05, 3.63) is 71.1 Å². The number of amides is 1. The van der Waals surface area contributed by atoms with E-state index in [1.54, 1.807) is 12.3 Å². The fourth-order valence-electron chi connectivity index (χ4n) is 3.15. The van der Waals surface area contributed by atoms with Gasteiger partial charge >= 0.3 is 0 Å². The molecule has 1 atom stereocenters. The number of anilines is 1. The van der Waals surface area contributed by atoms with Crippen LogP contribution in [-0.2, 0) is 11.2 Å². The summed E-state index contributed by atoms with van der Waals surface area (Å²) in [6.45, 7) is 2.20. The highest BCUT2D eigenvalue weighted by atomic mass is 35.5. The van der Waals surface area contributed by atoms with Crippen molar-refractivity contribution in [2.24, 2.45) is 5.92 Å². The molecule has 1 aliphatic rings. The van der Waals surface area contributed by atoms with Crippen LogP contribution in [0.1, 0.15) is 11.4 Å². The molecule has 6 heteroatoms. The van der Waals surface area contributed by atoms with Crippen LogP contribution in [0.5, 0.6) is 5.75 Å². The Kier molecular flexibility index (Phi) is 4.77. The van der Waals surface area contributed by atoms with E-state index in [2.05, 4.69) is 15.3 Å². The van der Waals surface area contributed by atoms with E-state index in [4.69, 9.17) is 16.3 Å². The van der Waals surface area contributed by atoms with E-state index in [-0.39, 0.29) is 11.8 Å². The van der Waals surface area contributed by atoms with Crippen LogP contribution in [0.2, 0.25) is 5.02 Å². The average Bonchev–Trinajstić information content (AvgIpc) is 2.67. The number of aryl methyl sites for hydroxylation is 1. The predicted molar refractivity (Wildman–Crippen MR) is 105 cm³/mol. The highest BCUT2D eigenvalue weighted by Gasteiger charge is 2.26. The smallest absolute Gasteiger partial charge is 0.231 e. The van der Waals surface area contributed by atoms with Crippen molar-refractivity contribution in [2.45, 2.75) is 13.3 Å². The Balaban J connectivity index is 1.50. The van der Waals surface area contributed by atoms with Gasteiger partial charge in [-0.3, -0.25) is 4.79 Å². The van der Waals surface area contributed by atoms with Gasteiger partial charge in [-0.25, -0.2) is 9.97 Å². The number of hydrogen-bond donors (Lipinski definition) is 1. The molecule has 2 heterocycles. The van der Waals surface area contributed by atoms with Gasteiger partial charge in [0.1, 0.15) is 18.2 Å². The van der Waals surface area contributed by atoms with E-state index < -0.39 is 0 Å². The van der Waals surface area contributed by atoms with Crippen LogP contribution < -0.4 is 10.1 Å². The standard InChI is InChI=1S/C21H18ClN3O2/c1-13-23-8-7-19(24-13)14-3-2-4-18(11-14)25-21(26)16-9-15-10-17(22)5-6-20(15)27-12-16/h2-8,10-11,16H,9,12H2,1H3,(H,25,26). The first-order valence-corrected chi connectivity index (χ1v) is 9.08. The molecule has 0 saturated carbocycles. The van der Waals surface area contributed by atoms with Crippen molar-refractivity contribution >= 4 is 23.2 Å². The van der Waals surface area contributed by atoms with Gasteiger partial charge in [-0.15, -0.1) is 0 Å². The summed E-state index contributed by atoms with van der Waals surface area (Å²) < 4.78 is 5.72. The second-order valence-corrected chi connectivity index (χ2v) is 6.96. The molecular weight excluding hydrogens is 362 g/mol. The summed E-state index contributed by atoms with van der Waals surface area (Å²) in [5, 5.41) is 3.63. The largest absolute Gasteiger partial charge is 0.492 e. The van der Waals surface area contributed by atoms with Gasteiger partial charge in [0.15, 0.2) is 0 Å². The van der Waals surface area contributed by atoms with Gasteiger partial charge in [-0.1, -0.05) is 23.7 Å². The molecule has 0 radical (unpaired) electrons. The zero-order valence-corrected chi connectivity index (χ0v) is 15.5. The van der Waals surface area contributed by atoms with Gasteiger partial charge < -0.3 is 10.1 Å². The van der Waals surface area contributed by atoms with Crippen molar-refractivity contribution < 1.29 is 9.53 Å². The average molecular weight is 380 g/mol. The molecule has 1 unspecified atom stereocenters. The van der Waals surface area contributed by atoms with E-state index in [1.807, 2.05) is 49.4 Å². The Hall–Kier alpha value is -2.92. The van der Waals surface area contributed by atoms with E-state index in [0.29, 0.717) is 23.9 Å². The van der Waals surface area contributed by atoms with E-state index in [9.17, 15) is 4.79 Å². The van der Waals surface area contributed by atoms with Crippen molar-refractivity contribution in [1.29, 1.82) is 0 Å². The fourth-order valence-corrected chi connectivity index (χ4v) is 3.34. The molecule has 5 nitrogen and oxygen atoms in total. The van der Waals surface area contributed by atoms with Gasteiger partial charge in [-0.05, 0) is 55.3 Å². The molecule has 1 aliphatic heterocycles. The van der Waals surface area contributed by atoms with Crippen LogP contribution in [-0.4, -0.2) is 22.5 Å². The Labute approximate surface area is 162 Å². The molecule has 2 aromatic carbocycles. The van der Waals surface area contributed by atoms with Crippen LogP contribution in [0, 0.1) is 12.8 Å². The molecule has 0 saturated heterocycles. The Bertz CT molecular complexity index is 1010. The zero-order valence-electron chi connectivity index (χ0n) is 14.8. The molecule has 3 aromatic rings. The maximum absolute atomic E-state index is 12.7. The molecule has 27 heavy (non-hydrogen) atoms. The van der Waals surface area contributed by atoms with Gasteiger partial charge in [-0.2, -0.15) is 0 Å². The number of halogens is 1. The van der Waals surface area contributed by atoms with Gasteiger partial charge in [0.2, 0.25) is 5.91 Å². The lowest BCUT2D eigenvalue weighted by Crippen LogP contribution is -2.32. The monoisotopic (exact) mass is 379 g/mol. The van der Waals surface area contributed by atoms with Crippen molar-refractivity contribution in [3.63, 3.8) is 0 Å². The lowest BCUT2D eigenvalue weighted by molar-refractivity contribution is -0.121. The lowest BCUT2D eigenvalue weighted by atomic mass is 9.96. The van der Waals surface area contributed by atoms with Crippen molar-refractivity contribution in [1.82, 2.24) is 9.97 Å². The van der Waals surface area contributed by atoms with E-state index >= 15 is 0 Å². The second-order valence-electron chi connectivity index (χ2n) is 6.52. The third-order valence-corrected chi connectivity index (χ3v) is 4.74. The Morgan fingerprint density at radius 1 is 1.22 bits per heavy atom. The number of carbonyl (C=O) groups is 1. The lowest BCUT2D eigenvalue weighted by Gasteiger charge is -2.24. The fraction of sp³-hybridized carbons (Fsp3) is 0.190. The van der Waals surface area contributed by atoms with Crippen LogP contribution in [0.25, 0.3) is 11.3 Å². The van der Waals surface area contributed by atoms with Crippen LogP contribution in [0.3, 0.4) is 0 Å². The predicted octanol–water partition coefficient (Wildman–Crippen LogP) is 4.30. The SMILES string of the molecule is Cc1nccc(-c2cccc(NC(=O)C3COc4ccc(Cl)cc4C3)c2)n1. The van der Waals surface area contributed by atoms with Gasteiger partial charge in [0.05, 0.1) is 11.6 Å². The molecule has 1 N–H and O–H groups in total. The molecule has 0 bridgehead atoms.